The number of aromatic nitrogens is 2. The molecule has 0 radical (unpaired) electrons. The van der Waals surface area contributed by atoms with Crippen molar-refractivity contribution < 1.29 is 0 Å². The Kier molecular flexibility index (Phi) is 5.90. The zero-order valence-electron chi connectivity index (χ0n) is 10.7. The van der Waals surface area contributed by atoms with Crippen LogP contribution in [0.15, 0.2) is 4.79 Å². The molecule has 0 spiro atoms. The summed E-state index contributed by atoms with van der Waals surface area (Å²) in [7, 11) is 1.81. The number of aryl methyl sites for hydroxylation is 2. The zero-order valence-corrected chi connectivity index (χ0v) is 10.7. The summed E-state index contributed by atoms with van der Waals surface area (Å²) in [5.74, 6) is 0. The van der Waals surface area contributed by atoms with Crippen molar-refractivity contribution in [3.63, 3.8) is 0 Å². The van der Waals surface area contributed by atoms with Crippen LogP contribution in [0, 0.1) is 6.92 Å². The van der Waals surface area contributed by atoms with E-state index < -0.39 is 0 Å². The van der Waals surface area contributed by atoms with E-state index >= 15 is 0 Å². The molecular formula is C12H22N2O. The van der Waals surface area contributed by atoms with Gasteiger partial charge in [0.1, 0.15) is 5.69 Å². The van der Waals surface area contributed by atoms with Crippen LogP contribution in [0.3, 0.4) is 0 Å². The Morgan fingerprint density at radius 3 is 2.13 bits per heavy atom. The molecule has 86 valence electrons. The molecule has 0 atom stereocenters. The van der Waals surface area contributed by atoms with Gasteiger partial charge in [0.15, 0.2) is 0 Å². The third-order valence-electron chi connectivity index (χ3n) is 2.32. The molecule has 3 nitrogen and oxygen atoms in total. The van der Waals surface area contributed by atoms with Crippen molar-refractivity contribution in [2.45, 2.75) is 47.5 Å². The van der Waals surface area contributed by atoms with Crippen LogP contribution in [0.4, 0.5) is 0 Å². The van der Waals surface area contributed by atoms with Crippen molar-refractivity contribution in [3.05, 3.63) is 27.4 Å². The van der Waals surface area contributed by atoms with Crippen molar-refractivity contribution in [1.29, 1.82) is 0 Å². The van der Waals surface area contributed by atoms with Gasteiger partial charge in [0.05, 0.1) is 5.69 Å². The molecule has 0 saturated heterocycles. The van der Waals surface area contributed by atoms with Crippen molar-refractivity contribution in [2.75, 3.05) is 0 Å². The lowest BCUT2D eigenvalue weighted by atomic mass is 10.2. The Morgan fingerprint density at radius 1 is 1.20 bits per heavy atom. The van der Waals surface area contributed by atoms with Gasteiger partial charge in [-0.1, -0.05) is 27.7 Å². The Labute approximate surface area is 92.2 Å². The van der Waals surface area contributed by atoms with Gasteiger partial charge >= 0.3 is 0 Å². The molecule has 0 aromatic carbocycles. The van der Waals surface area contributed by atoms with Crippen LogP contribution in [-0.4, -0.2) is 9.55 Å². The second-order valence-corrected chi connectivity index (χ2v) is 3.16. The van der Waals surface area contributed by atoms with E-state index in [0.717, 1.165) is 24.2 Å². The standard InChI is InChI=1S/C10H16N2O.C2H6/c1-5-8-9(6-2)12(4)10(13)7(3)11-8;1-2/h5-6H2,1-4H3;1-2H3. The third kappa shape index (κ3) is 2.91. The molecule has 3 heteroatoms. The summed E-state index contributed by atoms with van der Waals surface area (Å²) >= 11 is 0. The Balaban J connectivity index is 0.000000921. The van der Waals surface area contributed by atoms with E-state index in [-0.39, 0.29) is 5.56 Å². The number of nitrogens with zero attached hydrogens (tertiary/aromatic N) is 2. The highest BCUT2D eigenvalue weighted by Crippen LogP contribution is 2.05. The fourth-order valence-corrected chi connectivity index (χ4v) is 1.60. The number of rotatable bonds is 2. The fraction of sp³-hybridized carbons (Fsp3) is 0.667. The predicted octanol–water partition coefficient (Wildman–Crippen LogP) is 2.24. The first-order valence-corrected chi connectivity index (χ1v) is 5.67. The summed E-state index contributed by atoms with van der Waals surface area (Å²) in [6, 6.07) is 0. The minimum absolute atomic E-state index is 0.0223. The van der Waals surface area contributed by atoms with Gasteiger partial charge in [0.25, 0.3) is 5.56 Å². The average Bonchev–Trinajstić information content (AvgIpc) is 2.28. The maximum Gasteiger partial charge on any atom is 0.271 e. The highest BCUT2D eigenvalue weighted by molar-refractivity contribution is 5.15. The second-order valence-electron chi connectivity index (χ2n) is 3.16. The monoisotopic (exact) mass is 210 g/mol. The summed E-state index contributed by atoms with van der Waals surface area (Å²) in [6.07, 6.45) is 1.75. The summed E-state index contributed by atoms with van der Waals surface area (Å²) in [4.78, 5) is 15.8. The van der Waals surface area contributed by atoms with E-state index in [0.29, 0.717) is 5.69 Å². The Morgan fingerprint density at radius 2 is 1.73 bits per heavy atom. The second kappa shape index (κ2) is 6.38. The number of hydrogen-bond acceptors (Lipinski definition) is 2. The van der Waals surface area contributed by atoms with Crippen LogP contribution in [0.25, 0.3) is 0 Å². The van der Waals surface area contributed by atoms with Crippen molar-refractivity contribution in [3.8, 4) is 0 Å². The lowest BCUT2D eigenvalue weighted by molar-refractivity contribution is 0.723. The van der Waals surface area contributed by atoms with Crippen LogP contribution >= 0.6 is 0 Å². The lowest BCUT2D eigenvalue weighted by Crippen LogP contribution is -2.26. The molecule has 0 aliphatic rings. The van der Waals surface area contributed by atoms with Gasteiger partial charge in [-0.3, -0.25) is 9.78 Å². The molecule has 0 bridgehead atoms. The summed E-state index contributed by atoms with van der Waals surface area (Å²) in [5, 5.41) is 0. The Bertz CT molecular complexity index is 367. The van der Waals surface area contributed by atoms with E-state index in [2.05, 4.69) is 11.9 Å². The first kappa shape index (κ1) is 13.9. The molecule has 1 aromatic heterocycles. The normalized spacial score (nSPS) is 9.47. The topological polar surface area (TPSA) is 34.9 Å². The highest BCUT2D eigenvalue weighted by atomic mass is 16.1. The van der Waals surface area contributed by atoms with Gasteiger partial charge in [-0.05, 0) is 19.8 Å². The molecule has 0 aliphatic heterocycles. The fourth-order valence-electron chi connectivity index (χ4n) is 1.60. The molecule has 1 rings (SSSR count). The molecule has 0 amide bonds. The van der Waals surface area contributed by atoms with Gasteiger partial charge in [-0.2, -0.15) is 0 Å². The minimum Gasteiger partial charge on any atom is -0.312 e. The SMILES string of the molecule is CC.CCc1nc(C)c(=O)n(C)c1CC. The maximum absolute atomic E-state index is 11.5. The molecule has 1 aromatic rings. The summed E-state index contributed by atoms with van der Waals surface area (Å²) in [6.45, 7) is 9.87. The highest BCUT2D eigenvalue weighted by Gasteiger charge is 2.08. The van der Waals surface area contributed by atoms with Crippen molar-refractivity contribution >= 4 is 0 Å². The molecule has 0 aliphatic carbocycles. The average molecular weight is 210 g/mol. The van der Waals surface area contributed by atoms with Gasteiger partial charge in [0, 0.05) is 12.7 Å². The van der Waals surface area contributed by atoms with Crippen LogP contribution in [0.1, 0.15) is 44.8 Å². The minimum atomic E-state index is 0.0223. The van der Waals surface area contributed by atoms with Gasteiger partial charge in [0.2, 0.25) is 0 Å². The van der Waals surface area contributed by atoms with Gasteiger partial charge < -0.3 is 4.57 Å². The summed E-state index contributed by atoms with van der Waals surface area (Å²) < 4.78 is 1.71. The molecule has 0 N–H and O–H groups in total. The van der Waals surface area contributed by atoms with E-state index in [9.17, 15) is 4.79 Å². The smallest absolute Gasteiger partial charge is 0.271 e. The Hall–Kier alpha value is -1.12. The van der Waals surface area contributed by atoms with E-state index in [1.54, 1.807) is 11.5 Å². The molecular weight excluding hydrogens is 188 g/mol. The van der Waals surface area contributed by atoms with E-state index in [1.807, 2.05) is 27.8 Å². The number of hydrogen-bond donors (Lipinski definition) is 0. The summed E-state index contributed by atoms with van der Waals surface area (Å²) in [5.41, 5.74) is 2.71. The molecule has 0 fully saturated rings. The van der Waals surface area contributed by atoms with Crippen molar-refractivity contribution in [2.24, 2.45) is 7.05 Å². The molecule has 0 saturated carbocycles. The van der Waals surface area contributed by atoms with Crippen LogP contribution in [0.2, 0.25) is 0 Å². The lowest BCUT2D eigenvalue weighted by Gasteiger charge is -2.11. The van der Waals surface area contributed by atoms with Crippen LogP contribution < -0.4 is 5.56 Å². The first-order chi connectivity index (χ1) is 7.11. The van der Waals surface area contributed by atoms with Crippen LogP contribution in [-0.2, 0) is 19.9 Å². The van der Waals surface area contributed by atoms with Gasteiger partial charge in [-0.25, -0.2) is 0 Å². The third-order valence-corrected chi connectivity index (χ3v) is 2.32. The zero-order chi connectivity index (χ0) is 12.0. The first-order valence-electron chi connectivity index (χ1n) is 5.67. The largest absolute Gasteiger partial charge is 0.312 e. The van der Waals surface area contributed by atoms with Crippen molar-refractivity contribution in [1.82, 2.24) is 9.55 Å². The molecule has 1 heterocycles. The molecule has 0 unspecified atom stereocenters. The van der Waals surface area contributed by atoms with E-state index in [4.69, 9.17) is 0 Å². The van der Waals surface area contributed by atoms with E-state index in [1.165, 1.54) is 0 Å². The predicted molar refractivity (Wildman–Crippen MR) is 64.3 cm³/mol. The quantitative estimate of drug-likeness (QED) is 0.750. The van der Waals surface area contributed by atoms with Crippen LogP contribution in [0.5, 0.6) is 0 Å². The van der Waals surface area contributed by atoms with Gasteiger partial charge in [-0.15, -0.1) is 0 Å². The molecule has 15 heavy (non-hydrogen) atoms. The maximum atomic E-state index is 11.5.